The van der Waals surface area contributed by atoms with Crippen LogP contribution >= 0.6 is 0 Å². The summed E-state index contributed by atoms with van der Waals surface area (Å²) >= 11 is 0. The Labute approximate surface area is 175 Å². The van der Waals surface area contributed by atoms with Crippen molar-refractivity contribution in [2.24, 2.45) is 0 Å². The van der Waals surface area contributed by atoms with E-state index in [-0.39, 0.29) is 10.6 Å². The van der Waals surface area contributed by atoms with E-state index in [4.69, 9.17) is 4.74 Å². The number of rotatable bonds is 7. The van der Waals surface area contributed by atoms with E-state index in [2.05, 4.69) is 5.32 Å². The van der Waals surface area contributed by atoms with Crippen molar-refractivity contribution in [3.05, 3.63) is 84.2 Å². The number of nitrogens with zero attached hydrogens (tertiary/aromatic N) is 1. The molecule has 156 valence electrons. The molecule has 0 aliphatic rings. The smallest absolute Gasteiger partial charge is 0.264 e. The van der Waals surface area contributed by atoms with E-state index >= 15 is 0 Å². The zero-order valence-electron chi connectivity index (χ0n) is 16.5. The van der Waals surface area contributed by atoms with E-state index in [1.807, 2.05) is 6.92 Å². The number of aryl methyl sites for hydroxylation is 1. The van der Waals surface area contributed by atoms with Crippen molar-refractivity contribution >= 4 is 27.3 Å². The van der Waals surface area contributed by atoms with E-state index in [1.54, 1.807) is 30.3 Å². The fourth-order valence-electron chi connectivity index (χ4n) is 2.78. The molecule has 0 spiro atoms. The highest BCUT2D eigenvalue weighted by Gasteiger charge is 2.27. The predicted octanol–water partition coefficient (Wildman–Crippen LogP) is 3.98. The lowest BCUT2D eigenvalue weighted by Crippen LogP contribution is -2.38. The summed E-state index contributed by atoms with van der Waals surface area (Å²) in [5.41, 5.74) is 1.24. The molecule has 0 atom stereocenters. The summed E-state index contributed by atoms with van der Waals surface area (Å²) in [7, 11) is -2.58. The highest BCUT2D eigenvalue weighted by atomic mass is 32.2. The number of sulfonamides is 1. The number of halogens is 1. The van der Waals surface area contributed by atoms with Crippen LogP contribution in [0.2, 0.25) is 0 Å². The molecule has 0 radical (unpaired) electrons. The zero-order chi connectivity index (χ0) is 21.7. The van der Waals surface area contributed by atoms with Gasteiger partial charge in [-0.1, -0.05) is 29.8 Å². The second-order valence-electron chi connectivity index (χ2n) is 6.55. The molecule has 0 unspecified atom stereocenters. The molecule has 0 aromatic heterocycles. The number of carbonyl (C=O) groups excluding carboxylic acids is 1. The first kappa shape index (κ1) is 21.3. The van der Waals surface area contributed by atoms with Crippen molar-refractivity contribution in [3.8, 4) is 5.75 Å². The number of benzene rings is 3. The number of nitrogens with one attached hydrogen (secondary N) is 1. The Hall–Kier alpha value is -3.39. The minimum atomic E-state index is -4.07. The molecule has 0 fully saturated rings. The van der Waals surface area contributed by atoms with Crippen LogP contribution in [-0.2, 0) is 14.8 Å². The van der Waals surface area contributed by atoms with Crippen LogP contribution in [0.15, 0.2) is 77.7 Å². The molecule has 0 aliphatic heterocycles. The van der Waals surface area contributed by atoms with Gasteiger partial charge in [-0.2, -0.15) is 0 Å². The predicted molar refractivity (Wildman–Crippen MR) is 114 cm³/mol. The van der Waals surface area contributed by atoms with Gasteiger partial charge in [0.2, 0.25) is 5.91 Å². The summed E-state index contributed by atoms with van der Waals surface area (Å²) < 4.78 is 46.5. The molecular formula is C22H21FN2O4S. The lowest BCUT2D eigenvalue weighted by Gasteiger charge is -2.24. The molecule has 3 aromatic carbocycles. The third-order valence-corrected chi connectivity index (χ3v) is 6.19. The van der Waals surface area contributed by atoms with Gasteiger partial charge in [-0.3, -0.25) is 9.10 Å². The lowest BCUT2D eigenvalue weighted by molar-refractivity contribution is -0.114. The van der Waals surface area contributed by atoms with Gasteiger partial charge in [0.15, 0.2) is 0 Å². The van der Waals surface area contributed by atoms with Crippen molar-refractivity contribution in [1.29, 1.82) is 0 Å². The number of hydrogen-bond acceptors (Lipinski definition) is 4. The number of carbonyl (C=O) groups is 1. The van der Waals surface area contributed by atoms with Crippen LogP contribution in [0, 0.1) is 12.7 Å². The molecule has 6 nitrogen and oxygen atoms in total. The Kier molecular flexibility index (Phi) is 6.37. The van der Waals surface area contributed by atoms with Crippen molar-refractivity contribution in [2.45, 2.75) is 11.8 Å². The number of amides is 1. The highest BCUT2D eigenvalue weighted by molar-refractivity contribution is 7.92. The first-order chi connectivity index (χ1) is 14.3. The number of para-hydroxylation sites is 1. The van der Waals surface area contributed by atoms with Gasteiger partial charge in [-0.05, 0) is 55.5 Å². The highest BCUT2D eigenvalue weighted by Crippen LogP contribution is 2.26. The van der Waals surface area contributed by atoms with Crippen molar-refractivity contribution in [1.82, 2.24) is 0 Å². The molecule has 1 amide bonds. The first-order valence-electron chi connectivity index (χ1n) is 9.09. The van der Waals surface area contributed by atoms with Gasteiger partial charge in [-0.15, -0.1) is 0 Å². The van der Waals surface area contributed by atoms with Gasteiger partial charge in [-0.25, -0.2) is 12.8 Å². The van der Waals surface area contributed by atoms with E-state index in [0.717, 1.165) is 9.87 Å². The maximum Gasteiger partial charge on any atom is 0.264 e. The monoisotopic (exact) mass is 428 g/mol. The molecule has 0 saturated carbocycles. The molecule has 8 heteroatoms. The number of methoxy groups -OCH3 is 1. The molecule has 0 bridgehead atoms. The summed E-state index contributed by atoms with van der Waals surface area (Å²) in [5, 5.41) is 2.42. The molecule has 3 aromatic rings. The average molecular weight is 428 g/mol. The summed E-state index contributed by atoms with van der Waals surface area (Å²) in [5.74, 6) is -0.767. The Balaban J connectivity index is 1.94. The molecule has 3 rings (SSSR count). The zero-order valence-corrected chi connectivity index (χ0v) is 17.3. The van der Waals surface area contributed by atoms with E-state index in [9.17, 15) is 17.6 Å². The van der Waals surface area contributed by atoms with Gasteiger partial charge in [0.1, 0.15) is 18.1 Å². The molecule has 0 saturated heterocycles. The Morgan fingerprint density at radius 3 is 2.23 bits per heavy atom. The van der Waals surface area contributed by atoms with E-state index < -0.39 is 28.3 Å². The Bertz CT molecular complexity index is 1130. The van der Waals surface area contributed by atoms with Crippen LogP contribution in [0.1, 0.15) is 5.56 Å². The van der Waals surface area contributed by atoms with Gasteiger partial charge >= 0.3 is 0 Å². The summed E-state index contributed by atoms with van der Waals surface area (Å²) in [4.78, 5) is 12.6. The maximum atomic E-state index is 13.9. The van der Waals surface area contributed by atoms with Gasteiger partial charge < -0.3 is 10.1 Å². The molecule has 1 N–H and O–H groups in total. The maximum absolute atomic E-state index is 13.9. The lowest BCUT2D eigenvalue weighted by atomic mass is 10.2. The summed E-state index contributed by atoms with van der Waals surface area (Å²) in [6, 6.07) is 18.3. The number of hydrogen-bond donors (Lipinski definition) is 1. The van der Waals surface area contributed by atoms with E-state index in [0.29, 0.717) is 11.4 Å². The van der Waals surface area contributed by atoms with Crippen LogP contribution in [0.25, 0.3) is 0 Å². The standard InChI is InChI=1S/C22H21FN2O4S/c1-16-7-9-17(10-8-16)25(15-22(26)24-21-6-4-3-5-20(21)23)30(27,28)19-13-11-18(29-2)12-14-19/h3-14H,15H2,1-2H3,(H,24,26). The third-order valence-electron chi connectivity index (χ3n) is 4.40. The normalized spacial score (nSPS) is 11.0. The van der Waals surface area contributed by atoms with Crippen LogP contribution < -0.4 is 14.4 Å². The Morgan fingerprint density at radius 2 is 1.63 bits per heavy atom. The SMILES string of the molecule is COc1ccc(S(=O)(=O)N(CC(=O)Nc2ccccc2F)c2ccc(C)cc2)cc1. The largest absolute Gasteiger partial charge is 0.497 e. The van der Waals surface area contributed by atoms with Crippen LogP contribution in [0.5, 0.6) is 5.75 Å². The van der Waals surface area contributed by atoms with Crippen LogP contribution in [0.3, 0.4) is 0 Å². The average Bonchev–Trinajstić information content (AvgIpc) is 2.74. The summed E-state index contributed by atoms with van der Waals surface area (Å²) in [6.45, 7) is 1.35. The number of anilines is 2. The van der Waals surface area contributed by atoms with E-state index in [1.165, 1.54) is 49.6 Å². The van der Waals surface area contributed by atoms with Crippen LogP contribution in [0.4, 0.5) is 15.8 Å². The second-order valence-corrected chi connectivity index (χ2v) is 8.41. The molecular weight excluding hydrogens is 407 g/mol. The van der Waals surface area contributed by atoms with Gasteiger partial charge in [0.25, 0.3) is 10.0 Å². The van der Waals surface area contributed by atoms with Gasteiger partial charge in [0.05, 0.1) is 23.4 Å². The second kappa shape index (κ2) is 8.96. The molecule has 0 heterocycles. The van der Waals surface area contributed by atoms with Crippen molar-refractivity contribution in [2.75, 3.05) is 23.3 Å². The molecule has 0 aliphatic carbocycles. The quantitative estimate of drug-likeness (QED) is 0.618. The fraction of sp³-hybridized carbons (Fsp3) is 0.136. The first-order valence-corrected chi connectivity index (χ1v) is 10.5. The van der Waals surface area contributed by atoms with Crippen molar-refractivity contribution < 1.29 is 22.3 Å². The molecule has 30 heavy (non-hydrogen) atoms. The number of ether oxygens (including phenoxy) is 1. The van der Waals surface area contributed by atoms with Crippen molar-refractivity contribution in [3.63, 3.8) is 0 Å². The van der Waals surface area contributed by atoms with Gasteiger partial charge in [0, 0.05) is 0 Å². The minimum Gasteiger partial charge on any atom is -0.497 e. The minimum absolute atomic E-state index is 0.00238. The Morgan fingerprint density at radius 1 is 1.00 bits per heavy atom. The summed E-state index contributed by atoms with van der Waals surface area (Å²) in [6.07, 6.45) is 0. The fourth-order valence-corrected chi connectivity index (χ4v) is 4.20. The van der Waals surface area contributed by atoms with Crippen LogP contribution in [-0.4, -0.2) is 28.0 Å². The third kappa shape index (κ3) is 4.77. The topological polar surface area (TPSA) is 75.7 Å².